The maximum absolute atomic E-state index is 13.4. The van der Waals surface area contributed by atoms with Crippen molar-refractivity contribution in [3.8, 4) is 11.3 Å². The molecule has 2 aliphatic rings. The normalized spacial score (nSPS) is 16.4. The third-order valence-corrected chi connectivity index (χ3v) is 6.55. The van der Waals surface area contributed by atoms with Crippen molar-refractivity contribution >= 4 is 34.5 Å². The molecule has 0 bridgehead atoms. The molecule has 3 aromatic rings. The van der Waals surface area contributed by atoms with Crippen LogP contribution in [0.25, 0.3) is 27.1 Å². The fourth-order valence-electron chi connectivity index (χ4n) is 4.77. The van der Waals surface area contributed by atoms with Crippen molar-refractivity contribution in [2.45, 2.75) is 25.4 Å². The Morgan fingerprint density at radius 2 is 1.97 bits per heavy atom. The zero-order chi connectivity index (χ0) is 24.5. The van der Waals surface area contributed by atoms with Crippen molar-refractivity contribution < 1.29 is 14.3 Å². The number of hydrogen-bond donors (Lipinski definition) is 0. The van der Waals surface area contributed by atoms with Crippen molar-refractivity contribution in [3.05, 3.63) is 53.6 Å². The molecule has 35 heavy (non-hydrogen) atoms. The van der Waals surface area contributed by atoms with Gasteiger partial charge in [0.05, 0.1) is 23.4 Å². The summed E-state index contributed by atoms with van der Waals surface area (Å²) in [4.78, 5) is 48.0. The highest BCUT2D eigenvalue weighted by Crippen LogP contribution is 2.37. The molecule has 0 unspecified atom stereocenters. The Labute approximate surface area is 203 Å². The zero-order valence-corrected chi connectivity index (χ0v) is 19.6. The Morgan fingerprint density at radius 3 is 2.66 bits per heavy atom. The Bertz CT molecular complexity index is 1330. The van der Waals surface area contributed by atoms with E-state index in [1.54, 1.807) is 29.1 Å². The van der Waals surface area contributed by atoms with Gasteiger partial charge in [-0.2, -0.15) is 0 Å². The molecular formula is C25H25N7O3. The summed E-state index contributed by atoms with van der Waals surface area (Å²) in [5, 5.41) is 0. The van der Waals surface area contributed by atoms with E-state index in [1.165, 1.54) is 7.11 Å². The number of nitrogens with zero attached hydrogens (tertiary/aromatic N) is 7. The van der Waals surface area contributed by atoms with E-state index in [9.17, 15) is 9.59 Å². The van der Waals surface area contributed by atoms with E-state index in [0.29, 0.717) is 55.0 Å². The second kappa shape index (κ2) is 9.27. The van der Waals surface area contributed by atoms with Crippen LogP contribution in [0.1, 0.15) is 18.4 Å². The molecule has 1 fully saturated rings. The number of hydrogen-bond acceptors (Lipinski definition) is 6. The van der Waals surface area contributed by atoms with Gasteiger partial charge >= 0.3 is 6.03 Å². The standard InChI is InChI=1S/C25H25N7O3/c1-26-21-7-4-16(12-28-21)19-5-6-20-23(29-19)24-17(13-27-20)14-30(2)25(34)32(24)18-8-10-31(11-9-18)22(33)15-35-3/h4-7,12-13,18H,8-11,14-15H2,2-3H3. The highest BCUT2D eigenvalue weighted by molar-refractivity contribution is 6.04. The summed E-state index contributed by atoms with van der Waals surface area (Å²) >= 11 is 0. The van der Waals surface area contributed by atoms with Gasteiger partial charge in [-0.15, -0.1) is 4.98 Å². The van der Waals surface area contributed by atoms with Gasteiger partial charge in [0.2, 0.25) is 5.91 Å². The summed E-state index contributed by atoms with van der Waals surface area (Å²) in [5.74, 6) is 0.288. The smallest absolute Gasteiger partial charge is 0.324 e. The summed E-state index contributed by atoms with van der Waals surface area (Å²) in [6, 6.07) is 7.11. The molecule has 3 amide bonds. The van der Waals surface area contributed by atoms with Crippen molar-refractivity contribution in [2.24, 2.45) is 0 Å². The predicted molar refractivity (Wildman–Crippen MR) is 130 cm³/mol. The first-order valence-electron chi connectivity index (χ1n) is 11.4. The molecule has 2 aliphatic heterocycles. The zero-order valence-electron chi connectivity index (χ0n) is 19.6. The number of pyridine rings is 3. The Balaban J connectivity index is 1.54. The van der Waals surface area contributed by atoms with Crippen molar-refractivity contribution in [3.63, 3.8) is 0 Å². The van der Waals surface area contributed by atoms with Crippen molar-refractivity contribution in [1.29, 1.82) is 0 Å². The van der Waals surface area contributed by atoms with E-state index in [2.05, 4.69) is 14.8 Å². The first-order chi connectivity index (χ1) is 17.0. The molecule has 0 aliphatic carbocycles. The number of anilines is 1. The summed E-state index contributed by atoms with van der Waals surface area (Å²) in [6.45, 7) is 8.76. The average Bonchev–Trinajstić information content (AvgIpc) is 2.89. The molecule has 178 valence electrons. The Hall–Kier alpha value is -4.10. The number of fused-ring (bicyclic) bond motifs is 3. The number of urea groups is 1. The number of carbonyl (C=O) groups is 2. The lowest BCUT2D eigenvalue weighted by molar-refractivity contribution is -0.136. The average molecular weight is 472 g/mol. The van der Waals surface area contributed by atoms with Crippen LogP contribution >= 0.6 is 0 Å². The molecule has 0 N–H and O–H groups in total. The summed E-state index contributed by atoms with van der Waals surface area (Å²) < 4.78 is 4.99. The van der Waals surface area contributed by atoms with Crippen LogP contribution in [0.4, 0.5) is 16.3 Å². The third kappa shape index (κ3) is 4.15. The van der Waals surface area contributed by atoms with Gasteiger partial charge in [-0.1, -0.05) is 12.6 Å². The van der Waals surface area contributed by atoms with Crippen LogP contribution in [-0.2, 0) is 16.1 Å². The topological polar surface area (TPSA) is 96.1 Å². The lowest BCUT2D eigenvalue weighted by atomic mass is 9.99. The number of amides is 3. The largest absolute Gasteiger partial charge is 0.375 e. The van der Waals surface area contributed by atoms with Crippen LogP contribution in [0, 0.1) is 6.57 Å². The molecule has 0 radical (unpaired) electrons. The Kier molecular flexibility index (Phi) is 6.01. The minimum absolute atomic E-state index is 0.0350. The summed E-state index contributed by atoms with van der Waals surface area (Å²) in [7, 11) is 3.30. The van der Waals surface area contributed by atoms with Gasteiger partial charge in [-0.05, 0) is 31.0 Å². The van der Waals surface area contributed by atoms with Crippen molar-refractivity contribution in [1.82, 2.24) is 24.8 Å². The first kappa shape index (κ1) is 22.7. The molecule has 0 aromatic carbocycles. The lowest BCUT2D eigenvalue weighted by Crippen LogP contribution is -2.54. The van der Waals surface area contributed by atoms with Gasteiger partial charge in [0, 0.05) is 50.6 Å². The molecule has 10 heteroatoms. The van der Waals surface area contributed by atoms with Crippen LogP contribution in [-0.4, -0.2) is 76.6 Å². The molecule has 0 spiro atoms. The van der Waals surface area contributed by atoms with E-state index in [-0.39, 0.29) is 24.6 Å². The molecule has 5 rings (SSSR count). The van der Waals surface area contributed by atoms with Crippen LogP contribution in [0.15, 0.2) is 36.7 Å². The van der Waals surface area contributed by atoms with E-state index in [4.69, 9.17) is 16.3 Å². The molecular weight excluding hydrogens is 446 g/mol. The quantitative estimate of drug-likeness (QED) is 0.542. The van der Waals surface area contributed by atoms with Gasteiger partial charge in [0.15, 0.2) is 0 Å². The predicted octanol–water partition coefficient (Wildman–Crippen LogP) is 3.25. The number of likely N-dealkylation sites (tertiary alicyclic amines) is 1. The number of methoxy groups -OCH3 is 1. The van der Waals surface area contributed by atoms with Crippen LogP contribution in [0.5, 0.6) is 0 Å². The molecule has 5 heterocycles. The van der Waals surface area contributed by atoms with Gasteiger partial charge in [-0.3, -0.25) is 14.7 Å². The first-order valence-corrected chi connectivity index (χ1v) is 11.4. The summed E-state index contributed by atoms with van der Waals surface area (Å²) in [6.07, 6.45) is 4.78. The van der Waals surface area contributed by atoms with E-state index >= 15 is 0 Å². The SMILES string of the molecule is [C-]#[N+]c1ccc(-c2ccc3ncc4c(c3n2)N(C2CCN(C(=O)COC)CC2)C(=O)N(C)C4)cn1. The van der Waals surface area contributed by atoms with Crippen molar-refractivity contribution in [2.75, 3.05) is 38.8 Å². The van der Waals surface area contributed by atoms with Crippen LogP contribution < -0.4 is 4.90 Å². The third-order valence-electron chi connectivity index (χ3n) is 6.55. The Morgan fingerprint density at radius 1 is 1.17 bits per heavy atom. The molecule has 1 saturated heterocycles. The fourth-order valence-corrected chi connectivity index (χ4v) is 4.77. The highest BCUT2D eigenvalue weighted by atomic mass is 16.5. The number of aromatic nitrogens is 3. The fraction of sp³-hybridized carbons (Fsp3) is 0.360. The van der Waals surface area contributed by atoms with Gasteiger partial charge < -0.3 is 19.4 Å². The number of carbonyl (C=O) groups excluding carboxylic acids is 2. The van der Waals surface area contributed by atoms with E-state index in [1.807, 2.05) is 29.3 Å². The molecule has 0 saturated carbocycles. The van der Waals surface area contributed by atoms with Gasteiger partial charge in [-0.25, -0.2) is 9.78 Å². The molecule has 3 aromatic heterocycles. The number of rotatable bonds is 4. The second-order valence-electron chi connectivity index (χ2n) is 8.77. The maximum Gasteiger partial charge on any atom is 0.324 e. The lowest BCUT2D eigenvalue weighted by Gasteiger charge is -2.43. The number of ether oxygens (including phenoxy) is 1. The van der Waals surface area contributed by atoms with Gasteiger partial charge in [0.25, 0.3) is 5.82 Å². The van der Waals surface area contributed by atoms with E-state index < -0.39 is 0 Å². The van der Waals surface area contributed by atoms with E-state index in [0.717, 1.165) is 16.8 Å². The maximum atomic E-state index is 13.4. The van der Waals surface area contributed by atoms with Gasteiger partial charge in [0.1, 0.15) is 18.3 Å². The molecule has 0 atom stereocenters. The molecule has 10 nitrogen and oxygen atoms in total. The van der Waals surface area contributed by atoms with Crippen LogP contribution in [0.2, 0.25) is 0 Å². The second-order valence-corrected chi connectivity index (χ2v) is 8.77. The highest BCUT2D eigenvalue weighted by Gasteiger charge is 2.37. The number of piperidine rings is 1. The van der Waals surface area contributed by atoms with Crippen LogP contribution in [0.3, 0.4) is 0 Å². The minimum Gasteiger partial charge on any atom is -0.375 e. The minimum atomic E-state index is -0.0815. The monoisotopic (exact) mass is 471 g/mol. The summed E-state index contributed by atoms with van der Waals surface area (Å²) in [5.41, 5.74) is 4.56.